The van der Waals surface area contributed by atoms with E-state index in [0.717, 1.165) is 23.8 Å². The number of nitrogens with zero attached hydrogens (tertiary/aromatic N) is 7. The smallest absolute Gasteiger partial charge is 0.418 e. The van der Waals surface area contributed by atoms with Crippen LogP contribution in [-0.2, 0) is 27.4 Å². The molecule has 1 unspecified atom stereocenters. The van der Waals surface area contributed by atoms with Gasteiger partial charge in [-0.15, -0.1) is 16.0 Å². The molecule has 0 spiro atoms. The third-order valence-corrected chi connectivity index (χ3v) is 8.58. The number of rotatable bonds is 12. The molecule has 5 rings (SSSR count). The zero-order chi connectivity index (χ0) is 35.8. The number of ether oxygens (including phenoxy) is 2. The van der Waals surface area contributed by atoms with E-state index in [-0.39, 0.29) is 31.1 Å². The molecule has 256 valence electrons. The Kier molecular flexibility index (Phi) is 11.4. The number of hydrogen-bond donors (Lipinski definition) is 1. The van der Waals surface area contributed by atoms with Gasteiger partial charge < -0.3 is 14.8 Å². The highest BCUT2D eigenvalue weighted by atomic mass is 32.1. The molecule has 0 saturated carbocycles. The Morgan fingerprint density at radius 1 is 1.18 bits per heavy atom. The third-order valence-electron chi connectivity index (χ3n) is 7.62. The topological polar surface area (TPSA) is 139 Å². The average Bonchev–Trinajstić information content (AvgIpc) is 3.81. The Hall–Kier alpha value is -5.85. The van der Waals surface area contributed by atoms with Crippen molar-refractivity contribution in [2.75, 3.05) is 25.5 Å². The van der Waals surface area contributed by atoms with Gasteiger partial charge in [0, 0.05) is 52.9 Å². The number of pyridine rings is 1. The molecule has 15 heteroatoms. The van der Waals surface area contributed by atoms with Gasteiger partial charge >= 0.3 is 12.1 Å². The fraction of sp³-hybridized carbons (Fsp3) is 0.229. The Labute approximate surface area is 290 Å². The van der Waals surface area contributed by atoms with Gasteiger partial charge in [-0.25, -0.2) is 23.5 Å². The molecule has 12 nitrogen and oxygen atoms in total. The summed E-state index contributed by atoms with van der Waals surface area (Å²) in [5.74, 6) is -1.41. The minimum Gasteiger partial charge on any atom is -0.460 e. The van der Waals surface area contributed by atoms with E-state index in [1.165, 1.54) is 40.5 Å². The number of benzene rings is 2. The van der Waals surface area contributed by atoms with Gasteiger partial charge in [-0.1, -0.05) is 18.2 Å². The van der Waals surface area contributed by atoms with Crippen LogP contribution in [0.5, 0.6) is 0 Å². The number of thiazole rings is 1. The van der Waals surface area contributed by atoms with Crippen LogP contribution in [0.15, 0.2) is 78.8 Å². The molecule has 0 aliphatic rings. The number of likely N-dealkylation sites (N-methyl/N-ethyl adjacent to an activating group) is 1. The van der Waals surface area contributed by atoms with Crippen LogP contribution in [0, 0.1) is 23.0 Å². The Bertz CT molecular complexity index is 2070. The molecular formula is C35H33F2N8O4S+. The van der Waals surface area contributed by atoms with Crippen molar-refractivity contribution in [3.8, 4) is 17.3 Å². The predicted octanol–water partition coefficient (Wildman–Crippen LogP) is 5.52. The highest BCUT2D eigenvalue weighted by Gasteiger charge is 2.25. The number of esters is 1. The molecular weight excluding hydrogens is 667 g/mol. The SMILES string of the molecule is CNCC(=O)OCc1cccnc1N(C)C(=O)OC(C)[n+]1cnn(C/C(=C(\C)c2nc(-c3ccc(C#N)cc3)cs2)c2cc(F)ccc2F)c1. The number of anilines is 1. The number of hydrogen-bond acceptors (Lipinski definition) is 10. The number of amides is 1. The summed E-state index contributed by atoms with van der Waals surface area (Å²) < 4.78 is 43.6. The molecule has 0 aliphatic carbocycles. The first-order chi connectivity index (χ1) is 24.1. The summed E-state index contributed by atoms with van der Waals surface area (Å²) in [6, 6.07) is 15.7. The van der Waals surface area contributed by atoms with E-state index >= 15 is 4.39 Å². The molecule has 50 heavy (non-hydrogen) atoms. The maximum atomic E-state index is 15.2. The van der Waals surface area contributed by atoms with Crippen molar-refractivity contribution >= 4 is 40.4 Å². The van der Waals surface area contributed by atoms with Gasteiger partial charge in [0.1, 0.15) is 35.6 Å². The standard InChI is InChI=1S/C35H33F2N8O4S/c1-22(34-42-31(19-50-34)25-9-7-24(15-38)8-10-25)29(28-14-27(36)11-12-30(28)37)17-45-21-44(20-41-45)23(2)49-35(47)43(4)33-26(6-5-13-40-33)18-48-32(46)16-39-3/h5-14,19-21,23,39H,16-18H2,1-4H3/q+1/b29-22-. The fourth-order valence-corrected chi connectivity index (χ4v) is 5.76. The van der Waals surface area contributed by atoms with Crippen LogP contribution in [0.3, 0.4) is 0 Å². The van der Waals surface area contributed by atoms with Gasteiger partial charge in [0.05, 0.1) is 23.9 Å². The van der Waals surface area contributed by atoms with Gasteiger partial charge in [0.2, 0.25) is 12.6 Å². The predicted molar refractivity (Wildman–Crippen MR) is 181 cm³/mol. The fourth-order valence-electron chi connectivity index (χ4n) is 4.90. The van der Waals surface area contributed by atoms with E-state index in [4.69, 9.17) is 19.7 Å². The molecule has 1 atom stereocenters. The highest BCUT2D eigenvalue weighted by molar-refractivity contribution is 7.11. The van der Waals surface area contributed by atoms with Crippen molar-refractivity contribution in [2.45, 2.75) is 33.2 Å². The van der Waals surface area contributed by atoms with Crippen molar-refractivity contribution in [3.05, 3.63) is 112 Å². The van der Waals surface area contributed by atoms with E-state index in [1.807, 2.05) is 5.38 Å². The summed E-state index contributed by atoms with van der Waals surface area (Å²) in [7, 11) is 3.12. The first-order valence-corrected chi connectivity index (χ1v) is 16.2. The van der Waals surface area contributed by atoms with Gasteiger partial charge in [0.15, 0.2) is 0 Å². The van der Waals surface area contributed by atoms with Crippen LogP contribution in [0.2, 0.25) is 0 Å². The number of nitriles is 1. The van der Waals surface area contributed by atoms with Crippen LogP contribution in [0.1, 0.15) is 41.8 Å². The second-order valence-electron chi connectivity index (χ2n) is 11.1. The van der Waals surface area contributed by atoms with Crippen molar-refractivity contribution in [2.24, 2.45) is 0 Å². The number of carbonyl (C=O) groups is 2. The number of aromatic nitrogens is 5. The molecule has 3 aromatic heterocycles. The second-order valence-corrected chi connectivity index (χ2v) is 11.9. The third kappa shape index (κ3) is 8.41. The van der Waals surface area contributed by atoms with E-state index < -0.39 is 29.9 Å². The Morgan fingerprint density at radius 3 is 2.70 bits per heavy atom. The van der Waals surface area contributed by atoms with Crippen molar-refractivity contribution < 1.29 is 32.4 Å². The summed E-state index contributed by atoms with van der Waals surface area (Å²) >= 11 is 1.35. The van der Waals surface area contributed by atoms with Crippen LogP contribution in [-0.4, -0.2) is 52.5 Å². The Balaban J connectivity index is 1.35. The average molecular weight is 700 g/mol. The maximum Gasteiger partial charge on any atom is 0.418 e. The quantitative estimate of drug-likeness (QED) is 0.132. The molecule has 0 saturated heterocycles. The van der Waals surface area contributed by atoms with Crippen LogP contribution in [0.25, 0.3) is 22.4 Å². The second kappa shape index (κ2) is 16.0. The zero-order valence-electron chi connectivity index (χ0n) is 27.6. The molecule has 0 aliphatic heterocycles. The molecule has 0 bridgehead atoms. The first kappa shape index (κ1) is 35.5. The van der Waals surface area contributed by atoms with Gasteiger partial charge in [0.25, 0.3) is 6.33 Å². The van der Waals surface area contributed by atoms with Crippen molar-refractivity contribution in [1.82, 2.24) is 25.1 Å². The van der Waals surface area contributed by atoms with Gasteiger partial charge in [-0.05, 0) is 55.9 Å². The molecule has 5 aromatic rings. The van der Waals surface area contributed by atoms with Crippen LogP contribution in [0.4, 0.5) is 19.4 Å². The minimum absolute atomic E-state index is 0.0368. The summed E-state index contributed by atoms with van der Waals surface area (Å²) in [5.41, 5.74) is 3.65. The number of halogens is 2. The lowest BCUT2D eigenvalue weighted by molar-refractivity contribution is -0.753. The largest absolute Gasteiger partial charge is 0.460 e. The molecule has 3 heterocycles. The van der Waals surface area contributed by atoms with E-state index in [9.17, 15) is 14.0 Å². The van der Waals surface area contributed by atoms with Gasteiger partial charge in [-0.3, -0.25) is 9.69 Å². The van der Waals surface area contributed by atoms with Crippen LogP contribution >= 0.6 is 11.3 Å². The van der Waals surface area contributed by atoms with E-state index in [1.54, 1.807) is 68.2 Å². The van der Waals surface area contributed by atoms with Crippen LogP contribution < -0.4 is 14.8 Å². The number of carbonyl (C=O) groups excluding carboxylic acids is 2. The molecule has 2 aromatic carbocycles. The number of nitrogens with one attached hydrogen (secondary N) is 1. The van der Waals surface area contributed by atoms with Crippen molar-refractivity contribution in [1.29, 1.82) is 5.26 Å². The summed E-state index contributed by atoms with van der Waals surface area (Å²) in [6.07, 6.45) is 2.99. The lowest BCUT2D eigenvalue weighted by atomic mass is 10.00. The summed E-state index contributed by atoms with van der Waals surface area (Å²) in [5, 5.41) is 18.7. The summed E-state index contributed by atoms with van der Waals surface area (Å²) in [6.45, 7) is 3.42. The summed E-state index contributed by atoms with van der Waals surface area (Å²) in [4.78, 5) is 35.2. The van der Waals surface area contributed by atoms with Gasteiger partial charge in [-0.2, -0.15) is 9.83 Å². The molecule has 1 amide bonds. The molecule has 0 radical (unpaired) electrons. The minimum atomic E-state index is -0.826. The lowest BCUT2D eigenvalue weighted by Gasteiger charge is -2.20. The number of allylic oxidation sites excluding steroid dienone is 2. The zero-order valence-corrected chi connectivity index (χ0v) is 28.4. The molecule has 0 fully saturated rings. The van der Waals surface area contributed by atoms with E-state index in [2.05, 4.69) is 21.5 Å². The Morgan fingerprint density at radius 2 is 1.96 bits per heavy atom. The monoisotopic (exact) mass is 699 g/mol. The highest BCUT2D eigenvalue weighted by Crippen LogP contribution is 2.33. The normalized spacial score (nSPS) is 12.1. The van der Waals surface area contributed by atoms with E-state index in [0.29, 0.717) is 33.0 Å². The molecule has 1 N–H and O–H groups in total. The lowest BCUT2D eigenvalue weighted by Crippen LogP contribution is -2.41. The maximum absolute atomic E-state index is 15.2. The first-order valence-electron chi connectivity index (χ1n) is 15.3. The van der Waals surface area contributed by atoms with Crippen molar-refractivity contribution in [3.63, 3.8) is 0 Å².